The Hall–Kier alpha value is -1.36. The summed E-state index contributed by atoms with van der Waals surface area (Å²) in [4.78, 5) is 14.3. The summed E-state index contributed by atoms with van der Waals surface area (Å²) in [5.41, 5.74) is 6.82. The van der Waals surface area contributed by atoms with Crippen molar-refractivity contribution < 1.29 is 9.53 Å². The fourth-order valence-corrected chi connectivity index (χ4v) is 2.83. The zero-order valence-electron chi connectivity index (χ0n) is 12.0. The number of carbonyl (C=O) groups excluding carboxylic acids is 1. The lowest BCUT2D eigenvalue weighted by molar-refractivity contribution is 0.0741. The molecule has 2 N–H and O–H groups in total. The first-order valence-corrected chi connectivity index (χ1v) is 7.64. The summed E-state index contributed by atoms with van der Waals surface area (Å²) < 4.78 is 5.24. The third-order valence-electron chi connectivity index (χ3n) is 3.19. The van der Waals surface area contributed by atoms with Gasteiger partial charge in [-0.3, -0.25) is 4.79 Å². The normalized spacial score (nSPS) is 12.0. The van der Waals surface area contributed by atoms with Gasteiger partial charge in [-0.2, -0.15) is 11.8 Å². The van der Waals surface area contributed by atoms with E-state index in [1.54, 1.807) is 42.0 Å². The number of methoxy groups -OCH3 is 1. The summed E-state index contributed by atoms with van der Waals surface area (Å²) in [6, 6.07) is 5.46. The van der Waals surface area contributed by atoms with Crippen LogP contribution < -0.4 is 10.5 Å². The van der Waals surface area contributed by atoms with Gasteiger partial charge in [-0.05, 0) is 24.8 Å². The second-order valence-corrected chi connectivity index (χ2v) is 5.27. The fraction of sp³-hybridized carbons (Fsp3) is 0.500. The number of rotatable bonds is 6. The van der Waals surface area contributed by atoms with Gasteiger partial charge in [-0.1, -0.05) is 13.0 Å². The van der Waals surface area contributed by atoms with Gasteiger partial charge in [0, 0.05) is 24.5 Å². The molecule has 0 radical (unpaired) electrons. The van der Waals surface area contributed by atoms with Crippen LogP contribution in [0.25, 0.3) is 0 Å². The largest absolute Gasteiger partial charge is 0.496 e. The minimum absolute atomic E-state index is 0.0872. The summed E-state index contributed by atoms with van der Waals surface area (Å²) in [7, 11) is 3.36. The van der Waals surface area contributed by atoms with Crippen molar-refractivity contribution in [3.05, 3.63) is 23.8 Å². The van der Waals surface area contributed by atoms with Crippen molar-refractivity contribution in [1.82, 2.24) is 4.90 Å². The van der Waals surface area contributed by atoms with Crippen LogP contribution in [-0.2, 0) is 0 Å². The number of thioether (sulfide) groups is 1. The molecule has 19 heavy (non-hydrogen) atoms. The molecule has 5 heteroatoms. The maximum Gasteiger partial charge on any atom is 0.259 e. The molecule has 0 fully saturated rings. The smallest absolute Gasteiger partial charge is 0.259 e. The molecule has 1 amide bonds. The molecule has 1 aromatic rings. The highest BCUT2D eigenvalue weighted by molar-refractivity contribution is 7.98. The summed E-state index contributed by atoms with van der Waals surface area (Å²) in [5, 5.41) is 0. The minimum Gasteiger partial charge on any atom is -0.496 e. The topological polar surface area (TPSA) is 55.6 Å². The Morgan fingerprint density at radius 3 is 2.74 bits per heavy atom. The third kappa shape index (κ3) is 3.56. The molecule has 0 aliphatic heterocycles. The first-order chi connectivity index (χ1) is 9.06. The van der Waals surface area contributed by atoms with Crippen LogP contribution in [0.2, 0.25) is 0 Å². The highest BCUT2D eigenvalue weighted by atomic mass is 32.2. The van der Waals surface area contributed by atoms with Gasteiger partial charge < -0.3 is 15.4 Å². The maximum absolute atomic E-state index is 12.6. The Morgan fingerprint density at radius 2 is 2.21 bits per heavy atom. The number of nitrogens with two attached hydrogens (primary N) is 1. The van der Waals surface area contributed by atoms with Crippen molar-refractivity contribution in [3.63, 3.8) is 0 Å². The zero-order chi connectivity index (χ0) is 14.4. The van der Waals surface area contributed by atoms with Gasteiger partial charge in [-0.25, -0.2) is 0 Å². The predicted octanol–water partition coefficient (Wildman–Crippen LogP) is 2.49. The monoisotopic (exact) mass is 282 g/mol. The lowest BCUT2D eigenvalue weighted by Gasteiger charge is -2.27. The molecule has 1 unspecified atom stereocenters. The van der Waals surface area contributed by atoms with E-state index in [0.29, 0.717) is 17.0 Å². The van der Waals surface area contributed by atoms with Crippen molar-refractivity contribution in [2.24, 2.45) is 0 Å². The molecule has 106 valence electrons. The molecule has 0 heterocycles. The van der Waals surface area contributed by atoms with Crippen LogP contribution in [0.4, 0.5) is 5.69 Å². The summed E-state index contributed by atoms with van der Waals surface area (Å²) in [6.07, 6.45) is 2.95. The van der Waals surface area contributed by atoms with E-state index in [9.17, 15) is 4.79 Å². The highest BCUT2D eigenvalue weighted by Crippen LogP contribution is 2.26. The summed E-state index contributed by atoms with van der Waals surface area (Å²) in [6.45, 7) is 2.08. The third-order valence-corrected chi connectivity index (χ3v) is 3.91. The van der Waals surface area contributed by atoms with Crippen molar-refractivity contribution in [3.8, 4) is 5.75 Å². The average molecular weight is 282 g/mol. The number of nitrogens with zero attached hydrogens (tertiary/aromatic N) is 1. The lowest BCUT2D eigenvalue weighted by Crippen LogP contribution is -2.38. The average Bonchev–Trinajstić information content (AvgIpc) is 2.42. The number of hydrogen-bond acceptors (Lipinski definition) is 4. The SMILES string of the molecule is CCC(CSC)N(C)C(=O)c1c(N)cccc1OC. The first kappa shape index (κ1) is 15.7. The van der Waals surface area contributed by atoms with E-state index in [4.69, 9.17) is 10.5 Å². The number of hydrogen-bond donors (Lipinski definition) is 1. The molecule has 0 aliphatic carbocycles. The molecule has 0 aliphatic rings. The molecule has 0 aromatic heterocycles. The zero-order valence-corrected chi connectivity index (χ0v) is 12.8. The van der Waals surface area contributed by atoms with Crippen LogP contribution in [0, 0.1) is 0 Å². The van der Waals surface area contributed by atoms with Crippen LogP contribution in [-0.4, -0.2) is 43.0 Å². The number of carbonyl (C=O) groups is 1. The van der Waals surface area contributed by atoms with Crippen LogP contribution >= 0.6 is 11.8 Å². The van der Waals surface area contributed by atoms with E-state index in [1.165, 1.54) is 0 Å². The fourth-order valence-electron chi connectivity index (χ4n) is 1.99. The van der Waals surface area contributed by atoms with Crippen molar-refractivity contribution in [2.75, 3.05) is 31.9 Å². The summed E-state index contributed by atoms with van der Waals surface area (Å²) >= 11 is 1.73. The standard InChI is InChI=1S/C14H22N2O2S/c1-5-10(9-19-4)16(2)14(17)13-11(15)7-6-8-12(13)18-3/h6-8,10H,5,9,15H2,1-4H3. The Balaban J connectivity index is 3.05. The summed E-state index contributed by atoms with van der Waals surface area (Å²) in [5.74, 6) is 1.35. The highest BCUT2D eigenvalue weighted by Gasteiger charge is 2.24. The van der Waals surface area contributed by atoms with Gasteiger partial charge >= 0.3 is 0 Å². The molecule has 0 saturated carbocycles. The van der Waals surface area contributed by atoms with Gasteiger partial charge in [0.05, 0.1) is 7.11 Å². The van der Waals surface area contributed by atoms with E-state index in [-0.39, 0.29) is 11.9 Å². The van der Waals surface area contributed by atoms with Gasteiger partial charge in [0.25, 0.3) is 5.91 Å². The van der Waals surface area contributed by atoms with Crippen molar-refractivity contribution >= 4 is 23.4 Å². The number of ether oxygens (including phenoxy) is 1. The Bertz CT molecular complexity index is 437. The van der Waals surface area contributed by atoms with E-state index < -0.39 is 0 Å². The Labute approximate surface area is 119 Å². The predicted molar refractivity (Wildman–Crippen MR) is 82.0 cm³/mol. The number of benzene rings is 1. The van der Waals surface area contributed by atoms with E-state index in [1.807, 2.05) is 13.3 Å². The first-order valence-electron chi connectivity index (χ1n) is 6.25. The van der Waals surface area contributed by atoms with E-state index >= 15 is 0 Å². The van der Waals surface area contributed by atoms with Gasteiger partial charge in [0.15, 0.2) is 0 Å². The molecular formula is C14H22N2O2S. The Morgan fingerprint density at radius 1 is 1.53 bits per heavy atom. The van der Waals surface area contributed by atoms with Crippen molar-refractivity contribution in [2.45, 2.75) is 19.4 Å². The molecule has 0 bridgehead atoms. The molecular weight excluding hydrogens is 260 g/mol. The quantitative estimate of drug-likeness (QED) is 0.814. The van der Waals surface area contributed by atoms with Gasteiger partial charge in [0.2, 0.25) is 0 Å². The lowest BCUT2D eigenvalue weighted by atomic mass is 10.1. The van der Waals surface area contributed by atoms with E-state index in [0.717, 1.165) is 12.2 Å². The van der Waals surface area contributed by atoms with E-state index in [2.05, 4.69) is 6.92 Å². The molecule has 0 spiro atoms. The van der Waals surface area contributed by atoms with Crippen molar-refractivity contribution in [1.29, 1.82) is 0 Å². The number of nitrogen functional groups attached to an aromatic ring is 1. The van der Waals surface area contributed by atoms with Gasteiger partial charge in [0.1, 0.15) is 11.3 Å². The van der Waals surface area contributed by atoms with Crippen LogP contribution in [0.1, 0.15) is 23.7 Å². The van der Waals surface area contributed by atoms with Crippen LogP contribution in [0.3, 0.4) is 0 Å². The number of anilines is 1. The second-order valence-electron chi connectivity index (χ2n) is 4.36. The number of amides is 1. The van der Waals surface area contributed by atoms with Crippen LogP contribution in [0.15, 0.2) is 18.2 Å². The second kappa shape index (κ2) is 7.28. The van der Waals surface area contributed by atoms with Crippen LogP contribution in [0.5, 0.6) is 5.75 Å². The molecule has 1 atom stereocenters. The molecule has 0 saturated heterocycles. The van der Waals surface area contributed by atoms with Gasteiger partial charge in [-0.15, -0.1) is 0 Å². The molecule has 4 nitrogen and oxygen atoms in total. The maximum atomic E-state index is 12.6. The molecule has 1 aromatic carbocycles. The minimum atomic E-state index is -0.0872. The Kier molecular flexibility index (Phi) is 6.02. The molecule has 1 rings (SSSR count).